The molecule has 1 aromatic heterocycles. The number of nitrogens with zero attached hydrogens (tertiary/aromatic N) is 4. The Morgan fingerprint density at radius 1 is 1.26 bits per heavy atom. The van der Waals surface area contributed by atoms with Crippen LogP contribution in [0.2, 0.25) is 0 Å². The Labute approximate surface area is 160 Å². The molecule has 0 radical (unpaired) electrons. The van der Waals surface area contributed by atoms with Gasteiger partial charge in [-0.25, -0.2) is 4.98 Å². The number of imidazole rings is 1. The predicted octanol–water partition coefficient (Wildman–Crippen LogP) is 3.88. The number of benzene rings is 1. The van der Waals surface area contributed by atoms with E-state index >= 15 is 0 Å². The van der Waals surface area contributed by atoms with Crippen LogP contribution in [-0.4, -0.2) is 33.4 Å². The van der Waals surface area contributed by atoms with E-state index in [0.29, 0.717) is 23.0 Å². The van der Waals surface area contributed by atoms with Crippen LogP contribution >= 0.6 is 0 Å². The molecule has 2 aliphatic rings. The quantitative estimate of drug-likeness (QED) is 0.829. The van der Waals surface area contributed by atoms with Crippen molar-refractivity contribution in [3.8, 4) is 6.07 Å². The molecule has 2 aromatic rings. The molecule has 0 bridgehead atoms. The molecule has 1 amide bonds. The van der Waals surface area contributed by atoms with Crippen molar-refractivity contribution in [1.82, 2.24) is 14.5 Å². The van der Waals surface area contributed by atoms with Crippen molar-refractivity contribution in [3.05, 3.63) is 53.1 Å². The lowest BCUT2D eigenvalue weighted by Crippen LogP contribution is -2.39. The van der Waals surface area contributed by atoms with Gasteiger partial charge in [0.2, 0.25) is 0 Å². The first-order chi connectivity index (χ1) is 13.2. The predicted molar refractivity (Wildman–Crippen MR) is 103 cm³/mol. The second-order valence-electron chi connectivity index (χ2n) is 7.92. The normalized spacial score (nSPS) is 18.1. The maximum atomic E-state index is 12.7. The van der Waals surface area contributed by atoms with Gasteiger partial charge in [-0.2, -0.15) is 5.26 Å². The van der Waals surface area contributed by atoms with E-state index in [2.05, 4.69) is 22.5 Å². The molecule has 1 aromatic carbocycles. The van der Waals surface area contributed by atoms with Gasteiger partial charge in [-0.1, -0.05) is 12.5 Å². The van der Waals surface area contributed by atoms with Gasteiger partial charge in [-0.05, 0) is 56.7 Å². The molecule has 0 unspecified atom stereocenters. The van der Waals surface area contributed by atoms with Gasteiger partial charge in [0.15, 0.2) is 0 Å². The number of hydrogen-bond donors (Lipinski definition) is 0. The molecule has 0 spiro atoms. The third kappa shape index (κ3) is 3.62. The van der Waals surface area contributed by atoms with Gasteiger partial charge in [-0.15, -0.1) is 0 Å². The third-order valence-corrected chi connectivity index (χ3v) is 6.14. The standard InChI is InChI=1S/C22H26N4O/c1-16-14-24-21(19-5-3-6-19)26(16)15-17-8-10-25(11-9-17)22(27)20-7-2-4-18(12-20)13-23/h2,4,7,12,14,17,19H,3,5-6,8-11,15H2,1H3. The molecule has 2 heterocycles. The molecular formula is C22H26N4O. The summed E-state index contributed by atoms with van der Waals surface area (Å²) in [5, 5.41) is 9.03. The zero-order valence-electron chi connectivity index (χ0n) is 15.9. The summed E-state index contributed by atoms with van der Waals surface area (Å²) in [6.07, 6.45) is 7.91. The Bertz CT molecular complexity index is 867. The molecule has 0 N–H and O–H groups in total. The highest BCUT2D eigenvalue weighted by atomic mass is 16.2. The van der Waals surface area contributed by atoms with E-state index in [1.807, 2.05) is 11.1 Å². The Morgan fingerprint density at radius 3 is 2.70 bits per heavy atom. The van der Waals surface area contributed by atoms with E-state index in [0.717, 1.165) is 32.5 Å². The highest BCUT2D eigenvalue weighted by Gasteiger charge is 2.28. The lowest BCUT2D eigenvalue weighted by Gasteiger charge is -2.33. The van der Waals surface area contributed by atoms with Crippen molar-refractivity contribution < 1.29 is 4.79 Å². The summed E-state index contributed by atoms with van der Waals surface area (Å²) < 4.78 is 2.42. The first-order valence-electron chi connectivity index (χ1n) is 9.97. The number of nitriles is 1. The molecule has 27 heavy (non-hydrogen) atoms. The second kappa shape index (κ2) is 7.56. The summed E-state index contributed by atoms with van der Waals surface area (Å²) in [7, 11) is 0. The fourth-order valence-corrected chi connectivity index (χ4v) is 4.19. The van der Waals surface area contributed by atoms with Crippen LogP contribution in [0.1, 0.15) is 65.5 Å². The van der Waals surface area contributed by atoms with Crippen LogP contribution in [0.4, 0.5) is 0 Å². The van der Waals surface area contributed by atoms with E-state index in [1.165, 1.54) is 30.8 Å². The summed E-state index contributed by atoms with van der Waals surface area (Å²) in [6.45, 7) is 4.74. The number of carbonyl (C=O) groups excluding carboxylic acids is 1. The highest BCUT2D eigenvalue weighted by molar-refractivity contribution is 5.94. The van der Waals surface area contributed by atoms with Crippen LogP contribution in [0.5, 0.6) is 0 Å². The first-order valence-corrected chi connectivity index (χ1v) is 9.97. The topological polar surface area (TPSA) is 61.9 Å². The summed E-state index contributed by atoms with van der Waals surface area (Å²) >= 11 is 0. The molecule has 5 heteroatoms. The molecule has 0 atom stereocenters. The average molecular weight is 362 g/mol. The monoisotopic (exact) mass is 362 g/mol. The van der Waals surface area contributed by atoms with E-state index in [-0.39, 0.29) is 5.91 Å². The smallest absolute Gasteiger partial charge is 0.253 e. The third-order valence-electron chi connectivity index (χ3n) is 6.14. The molecule has 1 aliphatic heterocycles. The maximum Gasteiger partial charge on any atom is 0.253 e. The summed E-state index contributed by atoms with van der Waals surface area (Å²) in [4.78, 5) is 19.3. The van der Waals surface area contributed by atoms with E-state index in [9.17, 15) is 4.79 Å². The fraction of sp³-hybridized carbons (Fsp3) is 0.500. The van der Waals surface area contributed by atoms with Crippen molar-refractivity contribution in [2.75, 3.05) is 13.1 Å². The number of carbonyl (C=O) groups is 1. The Balaban J connectivity index is 1.37. The Morgan fingerprint density at radius 2 is 2.04 bits per heavy atom. The number of hydrogen-bond acceptors (Lipinski definition) is 3. The Kier molecular flexibility index (Phi) is 4.98. The van der Waals surface area contributed by atoms with Crippen LogP contribution in [0.25, 0.3) is 0 Å². The van der Waals surface area contributed by atoms with Crippen molar-refractivity contribution in [2.45, 2.75) is 51.5 Å². The first kappa shape index (κ1) is 17.8. The van der Waals surface area contributed by atoms with Gasteiger partial charge in [-0.3, -0.25) is 4.79 Å². The van der Waals surface area contributed by atoms with E-state index in [1.54, 1.807) is 24.3 Å². The second-order valence-corrected chi connectivity index (χ2v) is 7.92. The molecule has 5 nitrogen and oxygen atoms in total. The van der Waals surface area contributed by atoms with Crippen molar-refractivity contribution in [2.24, 2.45) is 5.92 Å². The number of aromatic nitrogens is 2. The number of piperidine rings is 1. The average Bonchev–Trinajstić information content (AvgIpc) is 3.01. The number of aryl methyl sites for hydroxylation is 1. The SMILES string of the molecule is Cc1cnc(C2CCC2)n1CC1CCN(C(=O)c2cccc(C#N)c2)CC1. The molecule has 1 saturated carbocycles. The van der Waals surface area contributed by atoms with E-state index in [4.69, 9.17) is 5.26 Å². The lowest BCUT2D eigenvalue weighted by molar-refractivity contribution is 0.0681. The maximum absolute atomic E-state index is 12.7. The largest absolute Gasteiger partial charge is 0.339 e. The van der Waals surface area contributed by atoms with Crippen LogP contribution in [-0.2, 0) is 6.54 Å². The zero-order chi connectivity index (χ0) is 18.8. The zero-order valence-corrected chi connectivity index (χ0v) is 15.9. The molecule has 4 rings (SSSR count). The minimum atomic E-state index is 0.0412. The summed E-state index contributed by atoms with van der Waals surface area (Å²) in [6, 6.07) is 9.11. The van der Waals surface area contributed by atoms with Gasteiger partial charge in [0.1, 0.15) is 5.82 Å². The molecule has 1 saturated heterocycles. The van der Waals surface area contributed by atoms with Gasteiger partial charge in [0.25, 0.3) is 5.91 Å². The van der Waals surface area contributed by atoms with Crippen LogP contribution in [0.15, 0.2) is 30.5 Å². The van der Waals surface area contributed by atoms with E-state index < -0.39 is 0 Å². The molecule has 140 valence electrons. The lowest BCUT2D eigenvalue weighted by atomic mass is 9.84. The molecule has 2 fully saturated rings. The van der Waals surface area contributed by atoms with Gasteiger partial charge < -0.3 is 9.47 Å². The minimum Gasteiger partial charge on any atom is -0.339 e. The van der Waals surface area contributed by atoms with Crippen LogP contribution in [0, 0.1) is 24.2 Å². The van der Waals surface area contributed by atoms with Crippen molar-refractivity contribution in [1.29, 1.82) is 5.26 Å². The van der Waals surface area contributed by atoms with Crippen LogP contribution < -0.4 is 0 Å². The van der Waals surface area contributed by atoms with Crippen molar-refractivity contribution in [3.63, 3.8) is 0 Å². The number of amides is 1. The number of rotatable bonds is 4. The van der Waals surface area contributed by atoms with Crippen molar-refractivity contribution >= 4 is 5.91 Å². The molecular weight excluding hydrogens is 336 g/mol. The molecule has 1 aliphatic carbocycles. The van der Waals surface area contributed by atoms with Gasteiger partial charge in [0, 0.05) is 43.0 Å². The number of likely N-dealkylation sites (tertiary alicyclic amines) is 1. The minimum absolute atomic E-state index is 0.0412. The van der Waals surface area contributed by atoms with Gasteiger partial charge >= 0.3 is 0 Å². The summed E-state index contributed by atoms with van der Waals surface area (Å²) in [5.41, 5.74) is 2.41. The highest BCUT2D eigenvalue weighted by Crippen LogP contribution is 2.36. The Hall–Kier alpha value is -2.61. The fourth-order valence-electron chi connectivity index (χ4n) is 4.19. The van der Waals surface area contributed by atoms with Gasteiger partial charge in [0.05, 0.1) is 11.6 Å². The summed E-state index contributed by atoms with van der Waals surface area (Å²) in [5.74, 6) is 2.55. The van der Waals surface area contributed by atoms with Crippen LogP contribution in [0.3, 0.4) is 0 Å².